The lowest BCUT2D eigenvalue weighted by molar-refractivity contribution is -0.122. The summed E-state index contributed by atoms with van der Waals surface area (Å²) in [7, 11) is 1.42. The number of aldehydes is 1. The highest BCUT2D eigenvalue weighted by Crippen LogP contribution is 2.44. The quantitative estimate of drug-likeness (QED) is 0.153. The van der Waals surface area contributed by atoms with Crippen LogP contribution in [0.3, 0.4) is 0 Å². The Labute approximate surface area is 335 Å². The molecule has 0 spiro atoms. The van der Waals surface area contributed by atoms with Gasteiger partial charge in [-0.3, -0.25) is 24.0 Å². The van der Waals surface area contributed by atoms with Crippen molar-refractivity contribution in [3.8, 4) is 5.69 Å². The minimum atomic E-state index is -1.06. The predicted molar refractivity (Wildman–Crippen MR) is 219 cm³/mol. The molecule has 2 fully saturated rings. The number of rotatable bonds is 10. The van der Waals surface area contributed by atoms with Crippen LogP contribution in [-0.2, 0) is 21.5 Å². The van der Waals surface area contributed by atoms with Crippen molar-refractivity contribution in [3.63, 3.8) is 0 Å². The molecule has 8 rings (SSSR count). The molecule has 0 saturated carbocycles. The zero-order chi connectivity index (χ0) is 40.0. The van der Waals surface area contributed by atoms with E-state index in [0.717, 1.165) is 98.3 Å². The molecule has 57 heavy (non-hydrogen) atoms. The van der Waals surface area contributed by atoms with Gasteiger partial charge in [-0.05, 0) is 98.7 Å². The number of amides is 1. The Hall–Kier alpha value is -5.20. The number of anilines is 2. The van der Waals surface area contributed by atoms with Crippen molar-refractivity contribution in [3.05, 3.63) is 122 Å². The van der Waals surface area contributed by atoms with Crippen LogP contribution in [0.5, 0.6) is 0 Å². The molecule has 10 nitrogen and oxygen atoms in total. The Morgan fingerprint density at radius 1 is 0.965 bits per heavy atom. The van der Waals surface area contributed by atoms with E-state index in [1.165, 1.54) is 19.2 Å². The van der Waals surface area contributed by atoms with E-state index < -0.39 is 28.9 Å². The number of likely N-dealkylation sites (N-methyl/N-ethyl adjacent to an activating group) is 1. The number of pyridine rings is 1. The van der Waals surface area contributed by atoms with Gasteiger partial charge in [-0.1, -0.05) is 23.7 Å². The van der Waals surface area contributed by atoms with Crippen LogP contribution in [0, 0.1) is 11.6 Å². The number of piperazine rings is 1. The van der Waals surface area contributed by atoms with Crippen molar-refractivity contribution >= 4 is 46.1 Å². The first-order chi connectivity index (χ1) is 27.5. The largest absolute Gasteiger partial charge is 0.370 e. The van der Waals surface area contributed by atoms with Gasteiger partial charge in [0, 0.05) is 70.5 Å². The highest BCUT2D eigenvalue weighted by molar-refractivity contribution is 6.35. The number of piperidine rings is 1. The van der Waals surface area contributed by atoms with Crippen LogP contribution in [0.15, 0.2) is 71.7 Å². The number of fused-ring (bicyclic) bond motifs is 5. The molecule has 5 heterocycles. The molecule has 1 atom stereocenters. The van der Waals surface area contributed by atoms with E-state index in [0.29, 0.717) is 22.3 Å². The normalized spacial score (nSPS) is 17.4. The maximum atomic E-state index is 15.3. The summed E-state index contributed by atoms with van der Waals surface area (Å²) in [5.74, 6) is -2.36. The lowest BCUT2D eigenvalue weighted by Gasteiger charge is -2.36. The maximum Gasteiger partial charge on any atom is 0.282 e. The average Bonchev–Trinajstić information content (AvgIpc) is 3.44. The third-order valence-electron chi connectivity index (χ3n) is 12.2. The number of benzene rings is 3. The highest BCUT2D eigenvalue weighted by Gasteiger charge is 2.39. The van der Waals surface area contributed by atoms with Crippen molar-refractivity contribution in [2.75, 3.05) is 56.1 Å². The van der Waals surface area contributed by atoms with Crippen molar-refractivity contribution in [2.45, 2.75) is 63.3 Å². The Bertz CT molecular complexity index is 2380. The number of nitrogens with one attached hydrogen (secondary N) is 1. The molecule has 2 aromatic heterocycles. The smallest absolute Gasteiger partial charge is 0.282 e. The molecular formula is C44H46ClF2N7O3. The van der Waals surface area contributed by atoms with Gasteiger partial charge < -0.3 is 19.9 Å². The second-order valence-electron chi connectivity index (χ2n) is 15.9. The van der Waals surface area contributed by atoms with Crippen molar-refractivity contribution in [2.24, 2.45) is 0 Å². The molecule has 3 aromatic carbocycles. The summed E-state index contributed by atoms with van der Waals surface area (Å²) in [6.07, 6.45) is 4.11. The lowest BCUT2D eigenvalue weighted by atomic mass is 9.85. The van der Waals surface area contributed by atoms with Crippen molar-refractivity contribution in [1.29, 1.82) is 0 Å². The minimum absolute atomic E-state index is 0.0140. The van der Waals surface area contributed by atoms with Gasteiger partial charge in [-0.25, -0.2) is 8.78 Å². The van der Waals surface area contributed by atoms with Gasteiger partial charge in [-0.15, -0.1) is 0 Å². The van der Waals surface area contributed by atoms with Crippen LogP contribution < -0.4 is 20.7 Å². The number of hydrogen-bond donors (Lipinski definition) is 1. The molecule has 0 bridgehead atoms. The first-order valence-electron chi connectivity index (χ1n) is 19.7. The van der Waals surface area contributed by atoms with Gasteiger partial charge >= 0.3 is 0 Å². The zero-order valence-corrected chi connectivity index (χ0v) is 33.2. The fraction of sp³-hybridized carbons (Fsp3) is 0.386. The summed E-state index contributed by atoms with van der Waals surface area (Å²) < 4.78 is 32.7. The zero-order valence-electron chi connectivity index (χ0n) is 32.4. The molecule has 1 unspecified atom stereocenters. The summed E-state index contributed by atoms with van der Waals surface area (Å²) in [5, 5.41) is 3.30. The van der Waals surface area contributed by atoms with Crippen LogP contribution in [0.4, 0.5) is 20.2 Å². The first kappa shape index (κ1) is 38.7. The topological polar surface area (TPSA) is 104 Å². The third-order valence-corrected chi connectivity index (χ3v) is 12.5. The summed E-state index contributed by atoms with van der Waals surface area (Å²) in [6, 6.07) is 19.0. The number of carbonyl (C=O) groups is 2. The second-order valence-corrected chi connectivity index (χ2v) is 16.3. The number of nitrogens with zero attached hydrogens (tertiary/aromatic N) is 6. The van der Waals surface area contributed by atoms with E-state index >= 15 is 8.78 Å². The lowest BCUT2D eigenvalue weighted by Crippen LogP contribution is -2.46. The monoisotopic (exact) mass is 793 g/mol. The molecule has 296 valence electrons. The molecule has 0 aliphatic carbocycles. The third kappa shape index (κ3) is 7.18. The highest BCUT2D eigenvalue weighted by atomic mass is 35.5. The first-order valence-corrected chi connectivity index (χ1v) is 20.0. The number of halogens is 3. The van der Waals surface area contributed by atoms with Gasteiger partial charge in [0.25, 0.3) is 5.56 Å². The predicted octanol–water partition coefficient (Wildman–Crippen LogP) is 6.87. The SMILES string of the molecule is CNC(=O)C(CCC=O)c1c(F)cc(C2CCN(c3ccc(CN4CCN(c5ccc6c(c5)-n5c(nc(=O)c7c(Cl)cccc75)C6(C)C)CC4)nc3)CC2)cc1F. The molecule has 1 amide bonds. The second kappa shape index (κ2) is 15.6. The van der Waals surface area contributed by atoms with E-state index in [4.69, 9.17) is 16.6 Å². The van der Waals surface area contributed by atoms with Gasteiger partial charge in [-0.2, -0.15) is 4.98 Å². The summed E-state index contributed by atoms with van der Waals surface area (Å²) in [4.78, 5) is 52.8. The van der Waals surface area contributed by atoms with Gasteiger partial charge in [0.1, 0.15) is 23.7 Å². The van der Waals surface area contributed by atoms with E-state index in [1.807, 2.05) is 18.3 Å². The van der Waals surface area contributed by atoms with E-state index in [9.17, 15) is 14.4 Å². The van der Waals surface area contributed by atoms with E-state index in [2.05, 4.69) is 73.7 Å². The Kier molecular flexibility index (Phi) is 10.6. The summed E-state index contributed by atoms with van der Waals surface area (Å²) in [6.45, 7) is 9.91. The van der Waals surface area contributed by atoms with Crippen LogP contribution >= 0.6 is 11.6 Å². The number of aromatic nitrogens is 3. The molecule has 3 aliphatic heterocycles. The number of carbonyl (C=O) groups excluding carboxylic acids is 2. The molecule has 1 N–H and O–H groups in total. The number of hydrogen-bond acceptors (Lipinski definition) is 8. The fourth-order valence-electron chi connectivity index (χ4n) is 8.99. The fourth-order valence-corrected chi connectivity index (χ4v) is 9.24. The molecule has 2 saturated heterocycles. The van der Waals surface area contributed by atoms with E-state index in [-0.39, 0.29) is 29.9 Å². The standard InChI is InChI=1S/C44H46ClF2N7O3/c1-44(2)33-12-11-30(24-38(33)54-37-8-4-7-34(45)40(37)42(57)50-43(44)54)53-19-17-51(18-20-53)26-29-9-10-31(25-49-29)52-15-13-27(14-16-52)28-22-35(46)39(36(47)23-28)32(6-5-21-55)41(56)48-3/h4,7-12,21-25,27,32H,5-6,13-20,26H2,1-3H3,(H,48,56). The van der Waals surface area contributed by atoms with Crippen molar-refractivity contribution in [1.82, 2.24) is 24.8 Å². The van der Waals surface area contributed by atoms with Crippen LogP contribution in [-0.4, -0.2) is 77.9 Å². The molecular weight excluding hydrogens is 748 g/mol. The maximum absolute atomic E-state index is 15.3. The Balaban J connectivity index is 0.875. The van der Waals surface area contributed by atoms with E-state index in [1.54, 1.807) is 6.07 Å². The van der Waals surface area contributed by atoms with Crippen LogP contribution in [0.2, 0.25) is 5.02 Å². The average molecular weight is 794 g/mol. The molecule has 5 aromatic rings. The van der Waals surface area contributed by atoms with Gasteiger partial charge in [0.15, 0.2) is 0 Å². The summed E-state index contributed by atoms with van der Waals surface area (Å²) >= 11 is 6.49. The van der Waals surface area contributed by atoms with Crippen LogP contribution in [0.1, 0.15) is 79.6 Å². The van der Waals surface area contributed by atoms with Crippen LogP contribution in [0.25, 0.3) is 16.6 Å². The molecule has 0 radical (unpaired) electrons. The molecule has 3 aliphatic rings. The van der Waals surface area contributed by atoms with Crippen molar-refractivity contribution < 1.29 is 18.4 Å². The van der Waals surface area contributed by atoms with Gasteiger partial charge in [0.05, 0.1) is 50.5 Å². The summed E-state index contributed by atoms with van der Waals surface area (Å²) in [5.41, 5.74) is 5.65. The minimum Gasteiger partial charge on any atom is -0.370 e. The Morgan fingerprint density at radius 2 is 1.67 bits per heavy atom. The molecule has 13 heteroatoms. The Morgan fingerprint density at radius 3 is 2.33 bits per heavy atom. The van der Waals surface area contributed by atoms with Gasteiger partial charge in [0.2, 0.25) is 5.91 Å².